The highest BCUT2D eigenvalue weighted by molar-refractivity contribution is 5.68. The van der Waals surface area contributed by atoms with Crippen LogP contribution in [0.3, 0.4) is 0 Å². The van der Waals surface area contributed by atoms with Crippen LogP contribution in [0, 0.1) is 0 Å². The number of hydrogen-bond donors (Lipinski definition) is 1. The lowest BCUT2D eigenvalue weighted by molar-refractivity contribution is 0.0913. The number of nitrogens with one attached hydrogen (secondary N) is 1. The number of hydrogen-bond acceptors (Lipinski definition) is 3. The van der Waals surface area contributed by atoms with Crippen molar-refractivity contribution in [2.24, 2.45) is 0 Å². The fourth-order valence-corrected chi connectivity index (χ4v) is 2.48. The zero-order valence-electron chi connectivity index (χ0n) is 12.1. The van der Waals surface area contributed by atoms with Crippen LogP contribution in [0.4, 0.5) is 4.79 Å². The lowest BCUT2D eigenvalue weighted by Crippen LogP contribution is -2.36. The number of benzene rings is 1. The zero-order chi connectivity index (χ0) is 14.7. The molecule has 1 N–H and O–H groups in total. The summed E-state index contributed by atoms with van der Waals surface area (Å²) in [6, 6.07) is 8.16. The summed E-state index contributed by atoms with van der Waals surface area (Å²) in [6.07, 6.45) is 3.20. The van der Waals surface area contributed by atoms with E-state index in [1.165, 1.54) is 5.56 Å². The standard InChI is InChI=1S/C16H19N3O2/c1-2-12-3-5-13(6-4-12)10-21-16(20)19-8-7-14-15(9-19)18-11-17-14/h3-6,11H,2,7-10H2,1H3,(H,17,18). The number of nitrogens with zero attached hydrogens (tertiary/aromatic N) is 2. The van der Waals surface area contributed by atoms with Gasteiger partial charge in [0.1, 0.15) is 6.61 Å². The molecule has 2 heterocycles. The van der Waals surface area contributed by atoms with E-state index in [0.29, 0.717) is 19.7 Å². The molecule has 0 unspecified atom stereocenters. The summed E-state index contributed by atoms with van der Waals surface area (Å²) in [5.74, 6) is 0. The largest absolute Gasteiger partial charge is 0.445 e. The lowest BCUT2D eigenvalue weighted by Gasteiger charge is -2.25. The first-order valence-electron chi connectivity index (χ1n) is 7.27. The van der Waals surface area contributed by atoms with Gasteiger partial charge in [0.05, 0.1) is 24.3 Å². The third kappa shape index (κ3) is 3.07. The number of carbonyl (C=O) groups is 1. The molecule has 5 nitrogen and oxygen atoms in total. The van der Waals surface area contributed by atoms with E-state index in [4.69, 9.17) is 4.74 Å². The quantitative estimate of drug-likeness (QED) is 0.943. The number of rotatable bonds is 3. The van der Waals surface area contributed by atoms with Crippen LogP contribution >= 0.6 is 0 Å². The predicted octanol–water partition coefficient (Wildman–Crippen LogP) is 2.67. The number of H-pyrrole nitrogens is 1. The van der Waals surface area contributed by atoms with Gasteiger partial charge in [-0.1, -0.05) is 31.2 Å². The van der Waals surface area contributed by atoms with E-state index < -0.39 is 0 Å². The molecule has 2 aromatic rings. The van der Waals surface area contributed by atoms with E-state index in [2.05, 4.69) is 29.0 Å². The molecule has 1 aromatic carbocycles. The van der Waals surface area contributed by atoms with Crippen molar-refractivity contribution >= 4 is 6.09 Å². The minimum absolute atomic E-state index is 0.269. The highest BCUT2D eigenvalue weighted by atomic mass is 16.6. The van der Waals surface area contributed by atoms with Crippen LogP contribution < -0.4 is 0 Å². The van der Waals surface area contributed by atoms with Gasteiger partial charge in [-0.3, -0.25) is 0 Å². The van der Waals surface area contributed by atoms with Crippen molar-refractivity contribution in [3.8, 4) is 0 Å². The van der Waals surface area contributed by atoms with E-state index in [1.54, 1.807) is 11.2 Å². The van der Waals surface area contributed by atoms with E-state index in [-0.39, 0.29) is 6.09 Å². The van der Waals surface area contributed by atoms with Crippen LogP contribution in [-0.4, -0.2) is 27.5 Å². The molecule has 110 valence electrons. The molecule has 0 aliphatic carbocycles. The second kappa shape index (κ2) is 5.99. The lowest BCUT2D eigenvalue weighted by atomic mass is 10.1. The van der Waals surface area contributed by atoms with Gasteiger partial charge in [-0.2, -0.15) is 0 Å². The Hall–Kier alpha value is -2.30. The first-order valence-corrected chi connectivity index (χ1v) is 7.27. The Balaban J connectivity index is 1.54. The number of amides is 1. The molecule has 0 radical (unpaired) electrons. The topological polar surface area (TPSA) is 58.2 Å². The first-order chi connectivity index (χ1) is 10.3. The number of ether oxygens (including phenoxy) is 1. The summed E-state index contributed by atoms with van der Waals surface area (Å²) in [7, 11) is 0. The van der Waals surface area contributed by atoms with Crippen molar-refractivity contribution in [2.75, 3.05) is 6.54 Å². The molecular weight excluding hydrogens is 266 g/mol. The van der Waals surface area contributed by atoms with Crippen LogP contribution in [0.25, 0.3) is 0 Å². The smallest absolute Gasteiger partial charge is 0.410 e. The van der Waals surface area contributed by atoms with Crippen molar-refractivity contribution in [2.45, 2.75) is 32.9 Å². The van der Waals surface area contributed by atoms with Crippen molar-refractivity contribution in [3.63, 3.8) is 0 Å². The van der Waals surface area contributed by atoms with E-state index >= 15 is 0 Å². The van der Waals surface area contributed by atoms with Gasteiger partial charge in [0.25, 0.3) is 0 Å². The van der Waals surface area contributed by atoms with Gasteiger partial charge in [-0.15, -0.1) is 0 Å². The number of imidazole rings is 1. The van der Waals surface area contributed by atoms with Crippen molar-refractivity contribution in [1.29, 1.82) is 0 Å². The Kier molecular flexibility index (Phi) is 3.90. The van der Waals surface area contributed by atoms with Gasteiger partial charge >= 0.3 is 6.09 Å². The minimum Gasteiger partial charge on any atom is -0.445 e. The molecule has 0 spiro atoms. The van der Waals surface area contributed by atoms with Crippen LogP contribution in [0.1, 0.15) is 29.4 Å². The number of aromatic amines is 1. The maximum absolute atomic E-state index is 12.1. The van der Waals surface area contributed by atoms with E-state index in [1.807, 2.05) is 12.1 Å². The van der Waals surface area contributed by atoms with Crippen molar-refractivity contribution in [1.82, 2.24) is 14.9 Å². The zero-order valence-corrected chi connectivity index (χ0v) is 12.1. The van der Waals surface area contributed by atoms with Gasteiger partial charge in [-0.25, -0.2) is 9.78 Å². The molecule has 1 amide bonds. The number of aryl methyl sites for hydroxylation is 1. The molecule has 0 fully saturated rings. The molecule has 0 atom stereocenters. The fourth-order valence-electron chi connectivity index (χ4n) is 2.48. The van der Waals surface area contributed by atoms with Crippen LogP contribution in [0.15, 0.2) is 30.6 Å². The van der Waals surface area contributed by atoms with Crippen LogP contribution in [-0.2, 0) is 30.7 Å². The third-order valence-corrected chi connectivity index (χ3v) is 3.83. The fraction of sp³-hybridized carbons (Fsp3) is 0.375. The highest BCUT2D eigenvalue weighted by Gasteiger charge is 2.23. The summed E-state index contributed by atoms with van der Waals surface area (Å²) < 4.78 is 5.39. The molecule has 0 saturated heterocycles. The Morgan fingerprint density at radius 1 is 1.33 bits per heavy atom. The van der Waals surface area contributed by atoms with E-state index in [9.17, 15) is 4.79 Å². The molecule has 1 aliphatic heterocycles. The number of carbonyl (C=O) groups excluding carboxylic acids is 1. The molecular formula is C16H19N3O2. The van der Waals surface area contributed by atoms with Crippen molar-refractivity contribution < 1.29 is 9.53 Å². The average molecular weight is 285 g/mol. The number of fused-ring (bicyclic) bond motifs is 1. The summed E-state index contributed by atoms with van der Waals surface area (Å²) >= 11 is 0. The summed E-state index contributed by atoms with van der Waals surface area (Å²) in [5, 5.41) is 0. The van der Waals surface area contributed by atoms with Gasteiger partial charge in [0.15, 0.2) is 0 Å². The molecule has 1 aliphatic rings. The van der Waals surface area contributed by atoms with Crippen LogP contribution in [0.5, 0.6) is 0 Å². The normalized spacial score (nSPS) is 13.9. The van der Waals surface area contributed by atoms with Gasteiger partial charge in [-0.05, 0) is 17.5 Å². The summed E-state index contributed by atoms with van der Waals surface area (Å²) in [6.45, 7) is 3.64. The maximum Gasteiger partial charge on any atom is 0.410 e. The second-order valence-electron chi connectivity index (χ2n) is 5.22. The van der Waals surface area contributed by atoms with Crippen molar-refractivity contribution in [3.05, 3.63) is 53.1 Å². The SMILES string of the molecule is CCc1ccc(COC(=O)N2CCc3nc[nH]c3C2)cc1. The summed E-state index contributed by atoms with van der Waals surface area (Å²) in [5.41, 5.74) is 4.35. The third-order valence-electron chi connectivity index (χ3n) is 3.83. The van der Waals surface area contributed by atoms with Gasteiger partial charge in [0, 0.05) is 13.0 Å². The Morgan fingerprint density at radius 2 is 2.10 bits per heavy atom. The van der Waals surface area contributed by atoms with Crippen LogP contribution in [0.2, 0.25) is 0 Å². The number of aromatic nitrogens is 2. The molecule has 21 heavy (non-hydrogen) atoms. The average Bonchev–Trinajstić information content (AvgIpc) is 3.00. The molecule has 0 bridgehead atoms. The Bertz CT molecular complexity index is 619. The summed E-state index contributed by atoms with van der Waals surface area (Å²) in [4.78, 5) is 21.1. The predicted molar refractivity (Wildman–Crippen MR) is 78.7 cm³/mol. The minimum atomic E-state index is -0.269. The van der Waals surface area contributed by atoms with Gasteiger partial charge < -0.3 is 14.6 Å². The Labute approximate surface area is 124 Å². The molecule has 3 rings (SSSR count). The van der Waals surface area contributed by atoms with E-state index in [0.717, 1.165) is 29.8 Å². The Morgan fingerprint density at radius 3 is 2.86 bits per heavy atom. The molecule has 5 heteroatoms. The second-order valence-corrected chi connectivity index (χ2v) is 5.22. The maximum atomic E-state index is 12.1. The van der Waals surface area contributed by atoms with Gasteiger partial charge in [0.2, 0.25) is 0 Å². The molecule has 0 saturated carbocycles. The first kappa shape index (κ1) is 13.7. The molecule has 1 aromatic heterocycles. The monoisotopic (exact) mass is 285 g/mol. The highest BCUT2D eigenvalue weighted by Crippen LogP contribution is 2.16.